The predicted octanol–water partition coefficient (Wildman–Crippen LogP) is 3.82. The molecule has 164 valence electrons. The average Bonchev–Trinajstić information content (AvgIpc) is 3.49. The highest BCUT2D eigenvalue weighted by Crippen LogP contribution is 2.31. The van der Waals surface area contributed by atoms with Crippen molar-refractivity contribution in [3.63, 3.8) is 0 Å². The molecule has 0 radical (unpaired) electrons. The van der Waals surface area contributed by atoms with E-state index in [0.29, 0.717) is 15.7 Å². The summed E-state index contributed by atoms with van der Waals surface area (Å²) in [5.74, 6) is -0.887. The fraction of sp³-hybridized carbons (Fsp3) is 0.143. The molecule has 2 N–H and O–H groups in total. The zero-order valence-corrected chi connectivity index (χ0v) is 18.3. The largest absolute Gasteiger partial charge is 0.467 e. The highest BCUT2D eigenvalue weighted by molar-refractivity contribution is 7.20. The molecule has 0 aliphatic rings. The van der Waals surface area contributed by atoms with E-state index < -0.39 is 24.5 Å². The number of esters is 1. The van der Waals surface area contributed by atoms with Gasteiger partial charge >= 0.3 is 12.0 Å². The Kier molecular flexibility index (Phi) is 6.24. The molecule has 0 bridgehead atoms. The molecule has 4 rings (SSSR count). The Bertz CT molecular complexity index is 1300. The lowest BCUT2D eigenvalue weighted by Gasteiger charge is -2.06. The number of carbonyl (C=O) groups is 3. The number of aryl methyl sites for hydroxylation is 1. The van der Waals surface area contributed by atoms with Crippen LogP contribution >= 0.6 is 22.9 Å². The van der Waals surface area contributed by atoms with Gasteiger partial charge in [-0.25, -0.2) is 14.3 Å². The molecule has 0 saturated heterocycles. The van der Waals surface area contributed by atoms with Crippen LogP contribution in [0, 0.1) is 6.92 Å². The topological polar surface area (TPSA) is 115 Å². The van der Waals surface area contributed by atoms with E-state index >= 15 is 0 Å². The molecule has 9 nitrogen and oxygen atoms in total. The zero-order valence-electron chi connectivity index (χ0n) is 16.8. The van der Waals surface area contributed by atoms with E-state index in [0.717, 1.165) is 21.6 Å². The fourth-order valence-corrected chi connectivity index (χ4v) is 4.18. The van der Waals surface area contributed by atoms with Crippen LogP contribution in [0.15, 0.2) is 53.1 Å². The van der Waals surface area contributed by atoms with Gasteiger partial charge in [-0.3, -0.25) is 10.1 Å². The summed E-state index contributed by atoms with van der Waals surface area (Å²) in [5, 5.41) is 10.4. The number of carbonyl (C=O) groups excluding carboxylic acids is 3. The number of halogens is 1. The highest BCUT2D eigenvalue weighted by Gasteiger charge is 2.19. The van der Waals surface area contributed by atoms with Gasteiger partial charge in [-0.1, -0.05) is 17.7 Å². The fourth-order valence-electron chi connectivity index (χ4n) is 2.92. The van der Waals surface area contributed by atoms with Gasteiger partial charge in [-0.2, -0.15) is 5.10 Å². The maximum atomic E-state index is 12.4. The molecule has 0 aliphatic carbocycles. The first-order valence-electron chi connectivity index (χ1n) is 9.43. The van der Waals surface area contributed by atoms with Gasteiger partial charge in [0.2, 0.25) is 0 Å². The molecule has 0 atom stereocenters. The summed E-state index contributed by atoms with van der Waals surface area (Å²) in [6.45, 7) is 1.36. The number of nitrogens with one attached hydrogen (secondary N) is 2. The third-order valence-corrected chi connectivity index (χ3v) is 5.71. The van der Waals surface area contributed by atoms with Gasteiger partial charge in [-0.05, 0) is 43.3 Å². The number of thiophene rings is 1. The highest BCUT2D eigenvalue weighted by atomic mass is 35.5. The monoisotopic (exact) mass is 472 g/mol. The third-order valence-electron chi connectivity index (χ3n) is 4.39. The molecule has 3 amide bonds. The lowest BCUT2D eigenvalue weighted by molar-refractivity contribution is -0.123. The van der Waals surface area contributed by atoms with Gasteiger partial charge < -0.3 is 14.5 Å². The van der Waals surface area contributed by atoms with Crippen molar-refractivity contribution in [2.24, 2.45) is 0 Å². The Morgan fingerprint density at radius 2 is 2.06 bits per heavy atom. The minimum atomic E-state index is -0.752. The van der Waals surface area contributed by atoms with Crippen molar-refractivity contribution in [3.8, 4) is 5.69 Å². The molecule has 0 unspecified atom stereocenters. The molecular weight excluding hydrogens is 456 g/mol. The van der Waals surface area contributed by atoms with Gasteiger partial charge in [0, 0.05) is 10.4 Å². The van der Waals surface area contributed by atoms with Crippen molar-refractivity contribution in [2.45, 2.75) is 13.5 Å². The van der Waals surface area contributed by atoms with Crippen LogP contribution in [0.1, 0.15) is 21.1 Å². The number of amides is 3. The normalized spacial score (nSPS) is 10.8. The van der Waals surface area contributed by atoms with E-state index in [2.05, 4.69) is 15.7 Å². The van der Waals surface area contributed by atoms with E-state index in [1.54, 1.807) is 35.0 Å². The second-order valence-corrected chi connectivity index (χ2v) is 8.16. The van der Waals surface area contributed by atoms with Crippen LogP contribution in [-0.2, 0) is 16.1 Å². The molecule has 0 aliphatic heterocycles. The summed E-state index contributed by atoms with van der Waals surface area (Å²) in [5.41, 5.74) is 1.50. The number of ether oxygens (including phenoxy) is 1. The first kappa shape index (κ1) is 21.6. The summed E-state index contributed by atoms with van der Waals surface area (Å²) in [6, 6.07) is 11.5. The Morgan fingerprint density at radius 1 is 1.22 bits per heavy atom. The van der Waals surface area contributed by atoms with Gasteiger partial charge in [0.1, 0.15) is 15.5 Å². The minimum Gasteiger partial charge on any atom is -0.467 e. The number of hydrogen-bond donors (Lipinski definition) is 2. The molecule has 4 aromatic rings. The van der Waals surface area contributed by atoms with E-state index in [9.17, 15) is 14.4 Å². The average molecular weight is 473 g/mol. The number of imide groups is 1. The molecular formula is C21H17ClN4O5S. The maximum absolute atomic E-state index is 12.4. The minimum absolute atomic E-state index is 0.122. The molecule has 0 fully saturated rings. The SMILES string of the molecule is Cc1nn(-c2cccc(Cl)c2)c2sc(C(=O)OCC(=O)NC(=O)NCc3ccco3)cc12. The van der Waals surface area contributed by atoms with E-state index in [1.807, 2.05) is 19.1 Å². The Hall–Kier alpha value is -3.63. The molecule has 3 heterocycles. The number of hydrogen-bond acceptors (Lipinski definition) is 7. The summed E-state index contributed by atoms with van der Waals surface area (Å²) < 4.78 is 11.8. The van der Waals surface area contributed by atoms with E-state index in [-0.39, 0.29) is 6.54 Å². The predicted molar refractivity (Wildman–Crippen MR) is 118 cm³/mol. The van der Waals surface area contributed by atoms with Crippen LogP contribution < -0.4 is 10.6 Å². The lowest BCUT2D eigenvalue weighted by atomic mass is 10.3. The number of urea groups is 1. The van der Waals surface area contributed by atoms with Crippen molar-refractivity contribution in [3.05, 3.63) is 70.1 Å². The summed E-state index contributed by atoms with van der Waals surface area (Å²) in [6.07, 6.45) is 1.47. The van der Waals surface area contributed by atoms with Gasteiger partial charge in [-0.15, -0.1) is 11.3 Å². The smallest absolute Gasteiger partial charge is 0.348 e. The number of benzene rings is 1. The summed E-state index contributed by atoms with van der Waals surface area (Å²) >= 11 is 7.27. The molecule has 32 heavy (non-hydrogen) atoms. The van der Waals surface area contributed by atoms with Crippen LogP contribution in [0.5, 0.6) is 0 Å². The van der Waals surface area contributed by atoms with Crippen LogP contribution in [0.4, 0.5) is 4.79 Å². The lowest BCUT2D eigenvalue weighted by Crippen LogP contribution is -2.41. The number of aromatic nitrogens is 2. The molecule has 3 aromatic heterocycles. The van der Waals surface area contributed by atoms with Crippen molar-refractivity contribution >= 4 is 51.1 Å². The Morgan fingerprint density at radius 3 is 2.81 bits per heavy atom. The number of nitrogens with zero attached hydrogens (tertiary/aromatic N) is 2. The second-order valence-electron chi connectivity index (χ2n) is 6.69. The quantitative estimate of drug-likeness (QED) is 0.412. The Labute approximate surface area is 190 Å². The number of rotatable bonds is 6. The third kappa shape index (κ3) is 4.82. The molecule has 11 heteroatoms. The summed E-state index contributed by atoms with van der Waals surface area (Å²) in [7, 11) is 0. The van der Waals surface area contributed by atoms with Crippen molar-refractivity contribution in [1.29, 1.82) is 0 Å². The van der Waals surface area contributed by atoms with Crippen LogP contribution in [0.25, 0.3) is 15.9 Å². The van der Waals surface area contributed by atoms with Crippen LogP contribution in [0.3, 0.4) is 0 Å². The number of fused-ring (bicyclic) bond motifs is 1. The maximum Gasteiger partial charge on any atom is 0.348 e. The van der Waals surface area contributed by atoms with Gasteiger partial charge in [0.15, 0.2) is 6.61 Å². The molecule has 0 spiro atoms. The Balaban J connectivity index is 1.37. The van der Waals surface area contributed by atoms with E-state index in [1.165, 1.54) is 17.6 Å². The van der Waals surface area contributed by atoms with Crippen LogP contribution in [-0.4, -0.2) is 34.3 Å². The second kappa shape index (κ2) is 9.25. The van der Waals surface area contributed by atoms with Crippen LogP contribution in [0.2, 0.25) is 5.02 Å². The first-order valence-corrected chi connectivity index (χ1v) is 10.6. The van der Waals surface area contributed by atoms with Gasteiger partial charge in [0.25, 0.3) is 5.91 Å². The number of furan rings is 1. The first-order chi connectivity index (χ1) is 15.4. The standard InChI is InChI=1S/C21H17ClN4O5S/c1-12-16-9-17(32-19(16)26(25-12)14-5-2-4-13(22)8-14)20(28)31-11-18(27)24-21(29)23-10-15-6-3-7-30-15/h2-9H,10-11H2,1H3,(H2,23,24,27,29). The summed E-state index contributed by atoms with van der Waals surface area (Å²) in [4.78, 5) is 37.1. The van der Waals surface area contributed by atoms with Gasteiger partial charge in [0.05, 0.1) is 24.2 Å². The zero-order chi connectivity index (χ0) is 22.7. The van der Waals surface area contributed by atoms with Crippen molar-refractivity contribution < 1.29 is 23.5 Å². The van der Waals surface area contributed by atoms with Crippen molar-refractivity contribution in [2.75, 3.05) is 6.61 Å². The van der Waals surface area contributed by atoms with Crippen molar-refractivity contribution in [1.82, 2.24) is 20.4 Å². The molecule has 1 aromatic carbocycles. The molecule has 0 saturated carbocycles. The van der Waals surface area contributed by atoms with E-state index in [4.69, 9.17) is 20.8 Å².